The minimum atomic E-state index is -1.19. The predicted molar refractivity (Wildman–Crippen MR) is 64.0 cm³/mol. The van der Waals surface area contributed by atoms with Gasteiger partial charge < -0.3 is 13.6 Å². The molecule has 0 aromatic heterocycles. The summed E-state index contributed by atoms with van der Waals surface area (Å²) < 4.78 is 16.6. The summed E-state index contributed by atoms with van der Waals surface area (Å²) in [5, 5.41) is 2.18. The average Bonchev–Trinajstić information content (AvgIpc) is 2.27. The van der Waals surface area contributed by atoms with Crippen LogP contribution in [0.15, 0.2) is 0 Å². The van der Waals surface area contributed by atoms with Gasteiger partial charge in [-0.1, -0.05) is 0 Å². The zero-order chi connectivity index (χ0) is 11.8. The molecule has 16 heavy (non-hydrogen) atoms. The molecule has 0 amide bonds. The molecule has 0 aromatic rings. The summed E-state index contributed by atoms with van der Waals surface area (Å²) in [6.45, 7) is 10.3. The van der Waals surface area contributed by atoms with E-state index in [0.29, 0.717) is 6.61 Å². The van der Waals surface area contributed by atoms with Gasteiger partial charge in [0.2, 0.25) is 0 Å². The van der Waals surface area contributed by atoms with Gasteiger partial charge in [-0.3, -0.25) is 5.43 Å². The minimum absolute atomic E-state index is 0.229. The van der Waals surface area contributed by atoms with Crippen molar-refractivity contribution in [3.63, 3.8) is 0 Å². The molecule has 1 fully saturated rings. The lowest BCUT2D eigenvalue weighted by molar-refractivity contribution is 0.0129. The summed E-state index contributed by atoms with van der Waals surface area (Å²) in [5.41, 5.74) is 3.36. The Morgan fingerprint density at radius 2 is 2.06 bits per heavy atom. The lowest BCUT2D eigenvalue weighted by Crippen LogP contribution is -2.50. The highest BCUT2D eigenvalue weighted by Gasteiger charge is 2.19. The number of morpholine rings is 1. The van der Waals surface area contributed by atoms with E-state index in [4.69, 9.17) is 13.6 Å². The predicted octanol–water partition coefficient (Wildman–Crippen LogP) is 0.312. The second kappa shape index (κ2) is 8.16. The van der Waals surface area contributed by atoms with E-state index in [0.717, 1.165) is 32.5 Å². The first-order valence-electron chi connectivity index (χ1n) is 5.93. The molecular weight excluding hydrogens is 224 g/mol. The van der Waals surface area contributed by atoms with Crippen molar-refractivity contribution in [2.75, 3.05) is 39.1 Å². The van der Waals surface area contributed by atoms with E-state index in [1.807, 2.05) is 20.8 Å². The number of nitrogens with zero attached hydrogens (tertiary/aromatic N) is 1. The molecule has 0 saturated carbocycles. The lowest BCUT2D eigenvalue weighted by Gasteiger charge is -2.28. The quantitative estimate of drug-likeness (QED) is 0.656. The molecule has 6 heteroatoms. The number of ether oxygens (including phenoxy) is 1. The molecule has 1 N–H and O–H groups in total. The molecule has 0 spiro atoms. The van der Waals surface area contributed by atoms with Crippen LogP contribution in [-0.2, 0) is 13.6 Å². The average molecular weight is 247 g/mol. The third-order valence-corrected chi connectivity index (χ3v) is 3.92. The van der Waals surface area contributed by atoms with E-state index < -0.39 is 9.28 Å². The van der Waals surface area contributed by atoms with E-state index in [9.17, 15) is 0 Å². The van der Waals surface area contributed by atoms with Gasteiger partial charge >= 0.3 is 9.28 Å². The largest absolute Gasteiger partial charge is 0.401 e. The smallest absolute Gasteiger partial charge is 0.393 e. The van der Waals surface area contributed by atoms with Gasteiger partial charge in [-0.2, -0.15) is 0 Å². The van der Waals surface area contributed by atoms with Crippen LogP contribution in [0.25, 0.3) is 0 Å². The number of hydrogen-bond donors (Lipinski definition) is 1. The highest BCUT2D eigenvalue weighted by atomic mass is 28.3. The summed E-state index contributed by atoms with van der Waals surface area (Å²) in [4.78, 5) is 0. The van der Waals surface area contributed by atoms with Crippen LogP contribution in [0.3, 0.4) is 0 Å². The second-order valence-corrected chi connectivity index (χ2v) is 5.53. The Bertz CT molecular complexity index is 177. The first-order valence-corrected chi connectivity index (χ1v) is 7.46. The summed E-state index contributed by atoms with van der Waals surface area (Å²) in [6.07, 6.45) is 1.02. The van der Waals surface area contributed by atoms with Crippen LogP contribution in [0.4, 0.5) is 0 Å². The Morgan fingerprint density at radius 3 is 2.62 bits per heavy atom. The third kappa shape index (κ3) is 5.93. The van der Waals surface area contributed by atoms with Gasteiger partial charge in [-0.15, -0.1) is 0 Å². The molecule has 95 valence electrons. The van der Waals surface area contributed by atoms with E-state index in [1.54, 1.807) is 0 Å². The summed E-state index contributed by atoms with van der Waals surface area (Å²) in [6, 6.07) is 0. The fourth-order valence-electron chi connectivity index (χ4n) is 1.45. The van der Waals surface area contributed by atoms with Crippen LogP contribution in [0.5, 0.6) is 0 Å². The maximum atomic E-state index is 5.74. The molecule has 1 aliphatic rings. The molecule has 1 radical (unpaired) electrons. The van der Waals surface area contributed by atoms with E-state index in [-0.39, 0.29) is 6.10 Å². The highest BCUT2D eigenvalue weighted by molar-refractivity contribution is 6.44. The molecule has 0 aromatic carbocycles. The lowest BCUT2D eigenvalue weighted by atomic mass is 10.5. The van der Waals surface area contributed by atoms with Crippen molar-refractivity contribution >= 4 is 9.28 Å². The molecule has 1 saturated heterocycles. The molecule has 1 heterocycles. The van der Waals surface area contributed by atoms with E-state index >= 15 is 0 Å². The monoisotopic (exact) mass is 247 g/mol. The zero-order valence-corrected chi connectivity index (χ0v) is 11.5. The Labute approximate surface area is 99.9 Å². The van der Waals surface area contributed by atoms with Crippen LogP contribution < -0.4 is 5.43 Å². The number of nitrogens with one attached hydrogen (secondary N) is 1. The molecular formula is C10H23N2O3Si. The fraction of sp³-hybridized carbons (Fsp3) is 1.00. The van der Waals surface area contributed by atoms with Crippen LogP contribution in [0.2, 0.25) is 0 Å². The summed E-state index contributed by atoms with van der Waals surface area (Å²) in [7, 11) is -1.19. The molecule has 0 bridgehead atoms. The van der Waals surface area contributed by atoms with Crippen LogP contribution >= 0.6 is 0 Å². The fourth-order valence-corrected chi connectivity index (χ4v) is 2.90. The van der Waals surface area contributed by atoms with Crippen LogP contribution in [0, 0.1) is 0 Å². The molecule has 0 atom stereocenters. The maximum absolute atomic E-state index is 5.74. The van der Waals surface area contributed by atoms with Crippen molar-refractivity contribution in [2.45, 2.75) is 26.9 Å². The van der Waals surface area contributed by atoms with Crippen molar-refractivity contribution in [1.82, 2.24) is 10.4 Å². The Morgan fingerprint density at radius 1 is 1.38 bits per heavy atom. The summed E-state index contributed by atoms with van der Waals surface area (Å²) in [5.74, 6) is 0. The highest BCUT2D eigenvalue weighted by Crippen LogP contribution is 1.97. The SMILES string of the molecule is CCO[Si](CNN1CCOCC1)OC(C)C. The Balaban J connectivity index is 2.19. The van der Waals surface area contributed by atoms with Crippen molar-refractivity contribution in [1.29, 1.82) is 0 Å². The number of rotatable bonds is 7. The number of hydrazine groups is 1. The third-order valence-electron chi connectivity index (χ3n) is 2.13. The molecule has 1 rings (SSSR count). The number of hydrogen-bond acceptors (Lipinski definition) is 5. The van der Waals surface area contributed by atoms with Gasteiger partial charge in [-0.25, -0.2) is 5.01 Å². The van der Waals surface area contributed by atoms with Crippen LogP contribution in [-0.4, -0.2) is 59.5 Å². The molecule has 0 aliphatic carbocycles. The van der Waals surface area contributed by atoms with Gasteiger partial charge in [0.25, 0.3) is 0 Å². The van der Waals surface area contributed by atoms with Gasteiger partial charge in [0.1, 0.15) is 0 Å². The minimum Gasteiger partial charge on any atom is -0.393 e. The van der Waals surface area contributed by atoms with Gasteiger partial charge in [0.05, 0.1) is 19.4 Å². The molecule has 5 nitrogen and oxygen atoms in total. The van der Waals surface area contributed by atoms with Gasteiger partial charge in [-0.05, 0) is 20.8 Å². The molecule has 0 unspecified atom stereocenters. The second-order valence-electron chi connectivity index (χ2n) is 3.91. The van der Waals surface area contributed by atoms with Gasteiger partial charge in [0, 0.05) is 25.8 Å². The first kappa shape index (κ1) is 14.1. The normalized spacial score (nSPS) is 18.6. The Kier molecular flexibility index (Phi) is 7.18. The molecule has 1 aliphatic heterocycles. The van der Waals surface area contributed by atoms with Crippen molar-refractivity contribution in [3.8, 4) is 0 Å². The van der Waals surface area contributed by atoms with Crippen molar-refractivity contribution in [2.24, 2.45) is 0 Å². The van der Waals surface area contributed by atoms with Crippen molar-refractivity contribution < 1.29 is 13.6 Å². The standard InChI is InChI=1S/C10H23N2O3Si/c1-4-14-16(15-10(2)3)9-11-12-5-7-13-8-6-12/h10-11H,4-9H2,1-3H3. The zero-order valence-electron chi connectivity index (χ0n) is 10.5. The van der Waals surface area contributed by atoms with Gasteiger partial charge in [0.15, 0.2) is 0 Å². The van der Waals surface area contributed by atoms with E-state index in [2.05, 4.69) is 10.4 Å². The van der Waals surface area contributed by atoms with Crippen LogP contribution in [0.1, 0.15) is 20.8 Å². The maximum Gasteiger partial charge on any atom is 0.401 e. The van der Waals surface area contributed by atoms with Crippen molar-refractivity contribution in [3.05, 3.63) is 0 Å². The van der Waals surface area contributed by atoms with E-state index in [1.165, 1.54) is 0 Å². The summed E-state index contributed by atoms with van der Waals surface area (Å²) >= 11 is 0. The Hall–Kier alpha value is 0.0169. The topological polar surface area (TPSA) is 43.0 Å². The first-order chi connectivity index (χ1) is 7.72.